The van der Waals surface area contributed by atoms with E-state index in [1.165, 1.54) is 6.33 Å². The van der Waals surface area contributed by atoms with Gasteiger partial charge in [0, 0.05) is 21.3 Å². The molecule has 2 heterocycles. The lowest BCUT2D eigenvalue weighted by Crippen LogP contribution is -2.29. The third-order valence-electron chi connectivity index (χ3n) is 5.35. The Morgan fingerprint density at radius 2 is 2.00 bits per heavy atom. The molecule has 1 unspecified atom stereocenters. The number of carbonyl (C=O) groups excluding carboxylic acids is 1. The number of ether oxygens (including phenoxy) is 3. The molecular formula is C24H24Cl2N4O4. The third kappa shape index (κ3) is 4.83. The van der Waals surface area contributed by atoms with Gasteiger partial charge in [-0.05, 0) is 43.2 Å². The fraction of sp³-hybridized carbons (Fsp3) is 0.292. The van der Waals surface area contributed by atoms with E-state index >= 15 is 0 Å². The Morgan fingerprint density at radius 1 is 1.18 bits per heavy atom. The number of esters is 1. The molecule has 2 aromatic carbocycles. The van der Waals surface area contributed by atoms with Crippen molar-refractivity contribution in [3.63, 3.8) is 0 Å². The molecule has 1 atom stereocenters. The van der Waals surface area contributed by atoms with Gasteiger partial charge in [0.1, 0.15) is 19.0 Å². The van der Waals surface area contributed by atoms with Crippen LogP contribution in [0.25, 0.3) is 0 Å². The largest absolute Gasteiger partial charge is 0.493 e. The molecule has 1 aromatic heterocycles. The molecule has 178 valence electrons. The fourth-order valence-corrected chi connectivity index (χ4v) is 4.17. The van der Waals surface area contributed by atoms with Crippen LogP contribution in [0.2, 0.25) is 10.0 Å². The van der Waals surface area contributed by atoms with E-state index in [4.69, 9.17) is 37.4 Å². The number of hydrogen-bond acceptors (Lipinski definition) is 7. The highest BCUT2D eigenvalue weighted by atomic mass is 35.5. The Kier molecular flexibility index (Phi) is 7.29. The molecule has 10 heteroatoms. The molecule has 0 saturated heterocycles. The number of methoxy groups -OCH3 is 1. The van der Waals surface area contributed by atoms with Crippen molar-refractivity contribution in [2.45, 2.75) is 32.9 Å². The Bertz CT molecular complexity index is 1240. The second kappa shape index (κ2) is 10.4. The number of anilines is 1. The predicted molar refractivity (Wildman–Crippen MR) is 130 cm³/mol. The van der Waals surface area contributed by atoms with E-state index in [0.29, 0.717) is 45.4 Å². The van der Waals surface area contributed by atoms with Gasteiger partial charge in [0.05, 0.1) is 19.3 Å². The first kappa shape index (κ1) is 23.9. The van der Waals surface area contributed by atoms with Gasteiger partial charge in [0.25, 0.3) is 0 Å². The summed E-state index contributed by atoms with van der Waals surface area (Å²) in [5, 5.41) is 8.54. The van der Waals surface area contributed by atoms with Crippen LogP contribution in [0, 0.1) is 0 Å². The van der Waals surface area contributed by atoms with Crippen LogP contribution in [0.1, 0.15) is 37.4 Å². The molecule has 1 aliphatic rings. The average Bonchev–Trinajstić information content (AvgIpc) is 3.29. The summed E-state index contributed by atoms with van der Waals surface area (Å²) >= 11 is 12.2. The molecule has 0 amide bonds. The molecule has 4 rings (SSSR count). The van der Waals surface area contributed by atoms with Crippen LogP contribution in [0.5, 0.6) is 11.5 Å². The Balaban J connectivity index is 1.66. The SMILES string of the molecule is CCCOC(=O)C1=C(C)Nc2ncnn2C1c1ccc(OCc2ccc(Cl)cc2Cl)c(OC)c1. The summed E-state index contributed by atoms with van der Waals surface area (Å²) in [5.74, 6) is 1.16. The van der Waals surface area contributed by atoms with Crippen molar-refractivity contribution < 1.29 is 19.0 Å². The number of allylic oxidation sites excluding steroid dienone is 1. The number of carbonyl (C=O) groups is 1. The van der Waals surface area contributed by atoms with E-state index in [0.717, 1.165) is 17.5 Å². The summed E-state index contributed by atoms with van der Waals surface area (Å²) in [6.45, 7) is 4.33. The molecule has 0 spiro atoms. The molecule has 0 aliphatic carbocycles. The second-order valence-corrected chi connectivity index (χ2v) is 8.51. The topological polar surface area (TPSA) is 87.5 Å². The molecule has 1 aliphatic heterocycles. The van der Waals surface area contributed by atoms with E-state index in [1.807, 2.05) is 32.0 Å². The summed E-state index contributed by atoms with van der Waals surface area (Å²) in [4.78, 5) is 17.2. The standard InChI is InChI=1S/C24H24Cl2N4O4/c1-4-9-33-23(31)21-14(2)29-24-27-13-28-30(24)22(21)15-6-8-19(20(10-15)32-3)34-12-16-5-7-17(25)11-18(16)26/h5-8,10-11,13,22H,4,9,12H2,1-3H3,(H,27,28,29). The zero-order valence-corrected chi connectivity index (χ0v) is 20.5. The smallest absolute Gasteiger partial charge is 0.338 e. The molecule has 1 N–H and O–H groups in total. The number of nitrogens with one attached hydrogen (secondary N) is 1. The van der Waals surface area contributed by atoms with Gasteiger partial charge in [0.2, 0.25) is 5.95 Å². The summed E-state index contributed by atoms with van der Waals surface area (Å²) < 4.78 is 18.7. The predicted octanol–water partition coefficient (Wildman–Crippen LogP) is 5.41. The number of rotatable bonds is 8. The minimum atomic E-state index is -0.545. The zero-order valence-electron chi connectivity index (χ0n) is 19.0. The van der Waals surface area contributed by atoms with Crippen LogP contribution < -0.4 is 14.8 Å². The van der Waals surface area contributed by atoms with Gasteiger partial charge in [-0.2, -0.15) is 10.1 Å². The minimum absolute atomic E-state index is 0.236. The van der Waals surface area contributed by atoms with Gasteiger partial charge in [0.15, 0.2) is 11.5 Å². The molecule has 8 nitrogen and oxygen atoms in total. The summed E-state index contributed by atoms with van der Waals surface area (Å²) in [6, 6.07) is 10.2. The third-order valence-corrected chi connectivity index (χ3v) is 5.94. The maximum atomic E-state index is 13.0. The van der Waals surface area contributed by atoms with Crippen molar-refractivity contribution >= 4 is 35.1 Å². The number of hydrogen-bond donors (Lipinski definition) is 1. The zero-order chi connectivity index (χ0) is 24.2. The summed E-state index contributed by atoms with van der Waals surface area (Å²) in [7, 11) is 1.56. The van der Waals surface area contributed by atoms with Crippen LogP contribution in [-0.4, -0.2) is 34.5 Å². The van der Waals surface area contributed by atoms with Crippen LogP contribution in [0.15, 0.2) is 54.0 Å². The van der Waals surface area contributed by atoms with Crippen molar-refractivity contribution in [2.24, 2.45) is 0 Å². The highest BCUT2D eigenvalue weighted by Gasteiger charge is 2.34. The van der Waals surface area contributed by atoms with Crippen molar-refractivity contribution in [1.82, 2.24) is 14.8 Å². The number of aromatic nitrogens is 3. The van der Waals surface area contributed by atoms with Gasteiger partial charge in [-0.25, -0.2) is 9.48 Å². The quantitative estimate of drug-likeness (QED) is 0.411. The molecule has 3 aromatic rings. The average molecular weight is 503 g/mol. The van der Waals surface area contributed by atoms with Gasteiger partial charge in [-0.3, -0.25) is 0 Å². The summed E-state index contributed by atoms with van der Waals surface area (Å²) in [5.41, 5.74) is 2.67. The lowest BCUT2D eigenvalue weighted by atomic mass is 9.95. The van der Waals surface area contributed by atoms with Gasteiger partial charge >= 0.3 is 5.97 Å². The Morgan fingerprint density at radius 3 is 2.74 bits per heavy atom. The highest BCUT2D eigenvalue weighted by Crippen LogP contribution is 2.39. The number of halogens is 2. The van der Waals surface area contributed by atoms with E-state index in [-0.39, 0.29) is 6.61 Å². The first-order valence-electron chi connectivity index (χ1n) is 10.7. The van der Waals surface area contributed by atoms with Crippen molar-refractivity contribution in [2.75, 3.05) is 19.0 Å². The van der Waals surface area contributed by atoms with Crippen molar-refractivity contribution in [1.29, 1.82) is 0 Å². The normalized spacial score (nSPS) is 14.9. The number of nitrogens with zero attached hydrogens (tertiary/aromatic N) is 3. The monoisotopic (exact) mass is 502 g/mol. The van der Waals surface area contributed by atoms with Gasteiger partial charge < -0.3 is 19.5 Å². The first-order chi connectivity index (χ1) is 16.4. The maximum absolute atomic E-state index is 13.0. The van der Waals surface area contributed by atoms with Gasteiger partial charge in [-0.1, -0.05) is 42.3 Å². The van der Waals surface area contributed by atoms with E-state index in [1.54, 1.807) is 30.0 Å². The summed E-state index contributed by atoms with van der Waals surface area (Å²) in [6.07, 6.45) is 2.16. The highest BCUT2D eigenvalue weighted by molar-refractivity contribution is 6.35. The second-order valence-electron chi connectivity index (χ2n) is 7.67. The molecule has 0 bridgehead atoms. The molecule has 0 fully saturated rings. The van der Waals surface area contributed by atoms with E-state index in [2.05, 4.69) is 15.4 Å². The van der Waals surface area contributed by atoms with Crippen LogP contribution >= 0.6 is 23.2 Å². The maximum Gasteiger partial charge on any atom is 0.338 e. The van der Waals surface area contributed by atoms with Crippen LogP contribution in [-0.2, 0) is 16.1 Å². The van der Waals surface area contributed by atoms with Crippen molar-refractivity contribution in [3.05, 3.63) is 75.2 Å². The van der Waals surface area contributed by atoms with Crippen LogP contribution in [0.3, 0.4) is 0 Å². The molecule has 0 radical (unpaired) electrons. The van der Waals surface area contributed by atoms with E-state index < -0.39 is 12.0 Å². The first-order valence-corrected chi connectivity index (χ1v) is 11.5. The Labute approximate surface area is 207 Å². The molecule has 34 heavy (non-hydrogen) atoms. The number of fused-ring (bicyclic) bond motifs is 1. The number of benzene rings is 2. The van der Waals surface area contributed by atoms with Gasteiger partial charge in [-0.15, -0.1) is 0 Å². The van der Waals surface area contributed by atoms with E-state index in [9.17, 15) is 4.79 Å². The lowest BCUT2D eigenvalue weighted by molar-refractivity contribution is -0.139. The molecular weight excluding hydrogens is 479 g/mol. The van der Waals surface area contributed by atoms with Crippen LogP contribution in [0.4, 0.5) is 5.95 Å². The lowest BCUT2D eigenvalue weighted by Gasteiger charge is -2.28. The Hall–Kier alpha value is -3.23. The molecule has 0 saturated carbocycles. The minimum Gasteiger partial charge on any atom is -0.493 e. The fourth-order valence-electron chi connectivity index (χ4n) is 3.70. The van der Waals surface area contributed by atoms with Crippen molar-refractivity contribution in [3.8, 4) is 11.5 Å².